The lowest BCUT2D eigenvalue weighted by Gasteiger charge is -2.05. The van der Waals surface area contributed by atoms with Crippen molar-refractivity contribution in [1.29, 1.82) is 0 Å². The summed E-state index contributed by atoms with van der Waals surface area (Å²) in [6, 6.07) is 7.56. The van der Waals surface area contributed by atoms with E-state index in [1.54, 1.807) is 7.11 Å². The van der Waals surface area contributed by atoms with Crippen LogP contribution in [0.3, 0.4) is 0 Å². The van der Waals surface area contributed by atoms with Gasteiger partial charge in [0, 0.05) is 18.2 Å². The monoisotopic (exact) mass is 180 g/mol. The highest BCUT2D eigenvalue weighted by atomic mass is 32.2. The second kappa shape index (κ2) is 2.92. The minimum Gasteiger partial charge on any atom is -0.366 e. The Bertz CT molecular complexity index is 322. The van der Waals surface area contributed by atoms with Crippen molar-refractivity contribution in [2.45, 2.75) is 5.44 Å². The summed E-state index contributed by atoms with van der Waals surface area (Å²) in [5.74, 6) is 0. The van der Waals surface area contributed by atoms with E-state index in [1.165, 1.54) is 11.8 Å². The molecule has 1 aliphatic rings. The van der Waals surface area contributed by atoms with Crippen LogP contribution in [0.4, 0.5) is 0 Å². The van der Waals surface area contributed by atoms with Crippen molar-refractivity contribution in [2.75, 3.05) is 7.11 Å². The van der Waals surface area contributed by atoms with Crippen molar-refractivity contribution in [2.24, 2.45) is 0 Å². The molecule has 1 unspecified atom stereocenters. The standard InChI is InChI=1S/C9H8O2S/c1-11-9-7-5-3-2-4-6(7)8(10)12-9/h2-5,9H,1H3. The van der Waals surface area contributed by atoms with Crippen LogP contribution in [0.5, 0.6) is 0 Å². The maximum atomic E-state index is 11.3. The Kier molecular flexibility index (Phi) is 1.90. The van der Waals surface area contributed by atoms with Gasteiger partial charge >= 0.3 is 0 Å². The Morgan fingerprint density at radius 1 is 1.42 bits per heavy atom. The first-order chi connectivity index (χ1) is 5.83. The SMILES string of the molecule is COC1SC(=O)c2ccccc21. The molecule has 1 aromatic carbocycles. The maximum absolute atomic E-state index is 11.3. The lowest BCUT2D eigenvalue weighted by atomic mass is 10.1. The van der Waals surface area contributed by atoms with Crippen LogP contribution in [-0.4, -0.2) is 12.2 Å². The van der Waals surface area contributed by atoms with Gasteiger partial charge in [-0.05, 0) is 11.8 Å². The molecule has 0 fully saturated rings. The first kappa shape index (κ1) is 7.83. The van der Waals surface area contributed by atoms with Crippen LogP contribution >= 0.6 is 11.8 Å². The van der Waals surface area contributed by atoms with Gasteiger partial charge in [-0.1, -0.05) is 24.3 Å². The number of hydrogen-bond acceptors (Lipinski definition) is 3. The molecule has 0 aromatic heterocycles. The molecular weight excluding hydrogens is 172 g/mol. The topological polar surface area (TPSA) is 26.3 Å². The first-order valence-corrected chi connectivity index (χ1v) is 4.53. The number of thioether (sulfide) groups is 1. The summed E-state index contributed by atoms with van der Waals surface area (Å²) in [4.78, 5) is 11.3. The van der Waals surface area contributed by atoms with Crippen LogP contribution in [0.15, 0.2) is 24.3 Å². The average Bonchev–Trinajstić information content (AvgIpc) is 2.44. The van der Waals surface area contributed by atoms with Gasteiger partial charge in [0.1, 0.15) is 5.44 Å². The predicted molar refractivity (Wildman–Crippen MR) is 48.1 cm³/mol. The molecule has 1 atom stereocenters. The zero-order chi connectivity index (χ0) is 8.55. The molecule has 2 rings (SSSR count). The van der Waals surface area contributed by atoms with Crippen molar-refractivity contribution in [1.82, 2.24) is 0 Å². The van der Waals surface area contributed by atoms with Gasteiger partial charge in [0.05, 0.1) is 0 Å². The molecule has 0 amide bonds. The van der Waals surface area contributed by atoms with Crippen LogP contribution in [0.1, 0.15) is 21.4 Å². The second-order valence-electron chi connectivity index (χ2n) is 2.56. The highest BCUT2D eigenvalue weighted by Gasteiger charge is 2.29. The number of ether oxygens (including phenoxy) is 1. The summed E-state index contributed by atoms with van der Waals surface area (Å²) in [7, 11) is 1.62. The molecule has 0 spiro atoms. The van der Waals surface area contributed by atoms with Crippen molar-refractivity contribution < 1.29 is 9.53 Å². The molecule has 62 valence electrons. The van der Waals surface area contributed by atoms with E-state index < -0.39 is 0 Å². The van der Waals surface area contributed by atoms with Crippen LogP contribution in [0.25, 0.3) is 0 Å². The molecule has 0 radical (unpaired) electrons. The summed E-state index contributed by atoms with van der Waals surface area (Å²) in [5.41, 5.74) is 1.68. The predicted octanol–water partition coefficient (Wildman–Crippen LogP) is 2.22. The summed E-state index contributed by atoms with van der Waals surface area (Å²) in [5, 5.41) is 0.109. The highest BCUT2D eigenvalue weighted by Crippen LogP contribution is 2.41. The second-order valence-corrected chi connectivity index (χ2v) is 3.59. The molecule has 2 nitrogen and oxygen atoms in total. The van der Waals surface area contributed by atoms with Crippen molar-refractivity contribution >= 4 is 16.9 Å². The molecule has 1 heterocycles. The molecule has 3 heteroatoms. The fourth-order valence-electron chi connectivity index (χ4n) is 1.29. The van der Waals surface area contributed by atoms with E-state index >= 15 is 0 Å². The molecule has 1 aromatic rings. The molecule has 12 heavy (non-hydrogen) atoms. The normalized spacial score (nSPS) is 21.1. The quantitative estimate of drug-likeness (QED) is 0.662. The molecular formula is C9H8O2S. The van der Waals surface area contributed by atoms with E-state index in [1.807, 2.05) is 24.3 Å². The fraction of sp³-hybridized carbons (Fsp3) is 0.222. The van der Waals surface area contributed by atoms with E-state index in [4.69, 9.17) is 4.74 Å². The number of benzene rings is 1. The first-order valence-electron chi connectivity index (χ1n) is 3.65. The summed E-state index contributed by atoms with van der Waals surface area (Å²) in [6.07, 6.45) is 0. The molecule has 0 N–H and O–H groups in total. The van der Waals surface area contributed by atoms with Crippen LogP contribution in [0.2, 0.25) is 0 Å². The van der Waals surface area contributed by atoms with Crippen LogP contribution < -0.4 is 0 Å². The van der Waals surface area contributed by atoms with Gasteiger partial charge < -0.3 is 4.74 Å². The van der Waals surface area contributed by atoms with Gasteiger partial charge in [0.25, 0.3) is 0 Å². The Labute approximate surface area is 74.9 Å². The van der Waals surface area contributed by atoms with Crippen molar-refractivity contribution in [3.8, 4) is 0 Å². The Hall–Kier alpha value is -0.800. The highest BCUT2D eigenvalue weighted by molar-refractivity contribution is 8.14. The number of methoxy groups -OCH3 is 1. The number of fused-ring (bicyclic) bond motifs is 1. The summed E-state index contributed by atoms with van der Waals surface area (Å²) < 4.78 is 5.15. The van der Waals surface area contributed by atoms with E-state index in [2.05, 4.69) is 0 Å². The van der Waals surface area contributed by atoms with Gasteiger partial charge in [-0.15, -0.1) is 0 Å². The largest absolute Gasteiger partial charge is 0.366 e. The van der Waals surface area contributed by atoms with Crippen LogP contribution in [0, 0.1) is 0 Å². The van der Waals surface area contributed by atoms with Crippen molar-refractivity contribution in [3.05, 3.63) is 35.4 Å². The average molecular weight is 180 g/mol. The van der Waals surface area contributed by atoms with E-state index in [9.17, 15) is 4.79 Å². The van der Waals surface area contributed by atoms with Gasteiger partial charge in [0.15, 0.2) is 0 Å². The van der Waals surface area contributed by atoms with E-state index in [0.29, 0.717) is 0 Å². The van der Waals surface area contributed by atoms with Crippen molar-refractivity contribution in [3.63, 3.8) is 0 Å². The third-order valence-electron chi connectivity index (χ3n) is 1.86. The Morgan fingerprint density at radius 2 is 2.17 bits per heavy atom. The lowest BCUT2D eigenvalue weighted by Crippen LogP contribution is -1.91. The minimum atomic E-state index is -0.103. The molecule has 0 saturated heterocycles. The number of carbonyl (C=O) groups is 1. The fourth-order valence-corrected chi connectivity index (χ4v) is 2.22. The zero-order valence-corrected chi connectivity index (χ0v) is 7.43. The molecule has 0 bridgehead atoms. The molecule has 1 aliphatic heterocycles. The van der Waals surface area contributed by atoms with E-state index in [0.717, 1.165) is 11.1 Å². The van der Waals surface area contributed by atoms with Gasteiger partial charge in [-0.2, -0.15) is 0 Å². The Morgan fingerprint density at radius 3 is 2.92 bits per heavy atom. The summed E-state index contributed by atoms with van der Waals surface area (Å²) in [6.45, 7) is 0. The summed E-state index contributed by atoms with van der Waals surface area (Å²) >= 11 is 1.23. The van der Waals surface area contributed by atoms with Gasteiger partial charge in [0.2, 0.25) is 5.12 Å². The lowest BCUT2D eigenvalue weighted by molar-refractivity contribution is 0.109. The van der Waals surface area contributed by atoms with Gasteiger partial charge in [-0.3, -0.25) is 4.79 Å². The molecule has 0 aliphatic carbocycles. The van der Waals surface area contributed by atoms with E-state index in [-0.39, 0.29) is 10.6 Å². The van der Waals surface area contributed by atoms with Gasteiger partial charge in [-0.25, -0.2) is 0 Å². The minimum absolute atomic E-state index is 0.103. The number of rotatable bonds is 1. The molecule has 0 saturated carbocycles. The maximum Gasteiger partial charge on any atom is 0.222 e. The third kappa shape index (κ3) is 1.06. The van der Waals surface area contributed by atoms with Crippen LogP contribution in [-0.2, 0) is 4.74 Å². The third-order valence-corrected chi connectivity index (χ3v) is 2.96. The number of hydrogen-bond donors (Lipinski definition) is 0. The number of carbonyl (C=O) groups excluding carboxylic acids is 1. The zero-order valence-electron chi connectivity index (χ0n) is 6.61. The Balaban J connectivity index is 2.50. The smallest absolute Gasteiger partial charge is 0.222 e.